The Hall–Kier alpha value is -2.90. The van der Waals surface area contributed by atoms with E-state index in [1.54, 1.807) is 12.3 Å². The molecule has 0 bridgehead atoms. The molecule has 1 aromatic carbocycles. The van der Waals surface area contributed by atoms with Gasteiger partial charge in [0.2, 0.25) is 11.8 Å². The zero-order valence-corrected chi connectivity index (χ0v) is 12.6. The minimum Gasteiger partial charge on any atom is -0.495 e. The summed E-state index contributed by atoms with van der Waals surface area (Å²) in [4.78, 5) is 24.4. The van der Waals surface area contributed by atoms with Gasteiger partial charge in [-0.25, -0.2) is 0 Å². The fourth-order valence-electron chi connectivity index (χ4n) is 2.64. The number of anilines is 1. The number of fused-ring (bicyclic) bond motifs is 1. The molecule has 8 heteroatoms. The summed E-state index contributed by atoms with van der Waals surface area (Å²) < 4.78 is 5.25. The molecular weight excluding hydrogens is 298 g/mol. The molecule has 3 rings (SSSR count). The highest BCUT2D eigenvalue weighted by atomic mass is 16.5. The van der Waals surface area contributed by atoms with E-state index in [9.17, 15) is 9.59 Å². The van der Waals surface area contributed by atoms with Gasteiger partial charge in [-0.1, -0.05) is 12.1 Å². The number of nitrogens with zero attached hydrogens (tertiary/aromatic N) is 2. The number of benzene rings is 1. The highest BCUT2D eigenvalue weighted by Crippen LogP contribution is 2.38. The number of H-pyrrole nitrogens is 1. The summed E-state index contributed by atoms with van der Waals surface area (Å²) in [5.74, 6) is -0.349. The molecule has 2 amide bonds. The highest BCUT2D eigenvalue weighted by Gasteiger charge is 2.32. The van der Waals surface area contributed by atoms with Crippen molar-refractivity contribution in [3.05, 3.63) is 35.7 Å². The van der Waals surface area contributed by atoms with Crippen LogP contribution >= 0.6 is 0 Å². The summed E-state index contributed by atoms with van der Waals surface area (Å²) in [6.07, 6.45) is 2.31. The molecule has 2 aromatic rings. The average molecular weight is 315 g/mol. The number of para-hydroxylation sites is 1. The Morgan fingerprint density at radius 2 is 2.35 bits per heavy atom. The number of carbonyl (C=O) groups is 2. The Morgan fingerprint density at radius 1 is 1.48 bits per heavy atom. The van der Waals surface area contributed by atoms with E-state index >= 15 is 0 Å². The van der Waals surface area contributed by atoms with Crippen molar-refractivity contribution in [3.63, 3.8) is 0 Å². The van der Waals surface area contributed by atoms with Gasteiger partial charge in [0.1, 0.15) is 5.75 Å². The largest absolute Gasteiger partial charge is 0.495 e. The van der Waals surface area contributed by atoms with Crippen LogP contribution in [0.5, 0.6) is 5.75 Å². The molecule has 0 unspecified atom stereocenters. The van der Waals surface area contributed by atoms with Gasteiger partial charge in [0.05, 0.1) is 30.6 Å². The molecule has 1 atom stereocenters. The van der Waals surface area contributed by atoms with Crippen LogP contribution in [0.3, 0.4) is 0 Å². The molecule has 2 heterocycles. The van der Waals surface area contributed by atoms with Gasteiger partial charge in [-0.05, 0) is 11.6 Å². The number of hydrogen-bond acceptors (Lipinski definition) is 5. The molecule has 0 aliphatic carbocycles. The first-order valence-corrected chi connectivity index (χ1v) is 7.28. The first-order chi connectivity index (χ1) is 11.2. The van der Waals surface area contributed by atoms with Crippen molar-refractivity contribution in [1.29, 1.82) is 0 Å². The van der Waals surface area contributed by atoms with Crippen LogP contribution in [-0.4, -0.2) is 40.9 Å². The van der Waals surface area contributed by atoms with Crippen LogP contribution in [-0.2, 0) is 16.0 Å². The Bertz CT molecular complexity index is 714. The van der Waals surface area contributed by atoms with Crippen molar-refractivity contribution in [2.45, 2.75) is 18.8 Å². The van der Waals surface area contributed by atoms with E-state index in [0.29, 0.717) is 24.4 Å². The zero-order valence-electron chi connectivity index (χ0n) is 12.6. The Kier molecular flexibility index (Phi) is 4.22. The third-order valence-electron chi connectivity index (χ3n) is 3.77. The Labute approximate surface area is 132 Å². The number of carbonyl (C=O) groups excluding carboxylic acids is 2. The normalized spacial score (nSPS) is 16.4. The fraction of sp³-hybridized carbons (Fsp3) is 0.333. The van der Waals surface area contributed by atoms with Gasteiger partial charge in [0, 0.05) is 19.4 Å². The van der Waals surface area contributed by atoms with Gasteiger partial charge in [-0.2, -0.15) is 15.4 Å². The standard InChI is InChI=1S/C15H17N5O3/c1-23-12-4-2-3-10-11(7-13(21)18-14(10)12)15(22)16-6-5-9-8-17-20-19-9/h2-4,8,11H,5-7H2,1H3,(H,16,22)(H,18,21)(H,17,19,20)/t11-/m0/s1. The second-order valence-corrected chi connectivity index (χ2v) is 5.23. The van der Waals surface area contributed by atoms with Crippen molar-refractivity contribution < 1.29 is 14.3 Å². The predicted octanol–water partition coefficient (Wildman–Crippen LogP) is 0.598. The molecule has 8 nitrogen and oxygen atoms in total. The smallest absolute Gasteiger partial charge is 0.228 e. The number of hydrogen-bond donors (Lipinski definition) is 3. The van der Waals surface area contributed by atoms with Gasteiger partial charge in [-0.3, -0.25) is 9.59 Å². The maximum Gasteiger partial charge on any atom is 0.228 e. The lowest BCUT2D eigenvalue weighted by Crippen LogP contribution is -2.36. The number of aromatic amines is 1. The van der Waals surface area contributed by atoms with E-state index < -0.39 is 5.92 Å². The summed E-state index contributed by atoms with van der Waals surface area (Å²) >= 11 is 0. The van der Waals surface area contributed by atoms with E-state index in [1.165, 1.54) is 7.11 Å². The van der Waals surface area contributed by atoms with E-state index in [0.717, 1.165) is 11.3 Å². The topological polar surface area (TPSA) is 109 Å². The van der Waals surface area contributed by atoms with Crippen LogP contribution in [0.4, 0.5) is 5.69 Å². The molecule has 0 saturated carbocycles. The lowest BCUT2D eigenvalue weighted by atomic mass is 9.89. The molecule has 1 aliphatic heterocycles. The predicted molar refractivity (Wildman–Crippen MR) is 82.1 cm³/mol. The highest BCUT2D eigenvalue weighted by molar-refractivity contribution is 6.02. The summed E-state index contributed by atoms with van der Waals surface area (Å²) in [5.41, 5.74) is 2.11. The second-order valence-electron chi connectivity index (χ2n) is 5.23. The number of aromatic nitrogens is 3. The van der Waals surface area contributed by atoms with Crippen LogP contribution in [0.25, 0.3) is 0 Å². The van der Waals surface area contributed by atoms with Gasteiger partial charge in [0.25, 0.3) is 0 Å². The number of methoxy groups -OCH3 is 1. The number of amides is 2. The molecule has 23 heavy (non-hydrogen) atoms. The number of ether oxygens (including phenoxy) is 1. The van der Waals surface area contributed by atoms with Crippen LogP contribution in [0.2, 0.25) is 0 Å². The van der Waals surface area contributed by atoms with Crippen LogP contribution in [0.1, 0.15) is 23.6 Å². The zero-order chi connectivity index (χ0) is 16.2. The minimum absolute atomic E-state index is 0.121. The molecule has 0 radical (unpaired) electrons. The van der Waals surface area contributed by atoms with Crippen molar-refractivity contribution in [2.75, 3.05) is 19.0 Å². The molecule has 0 fully saturated rings. The fourth-order valence-corrected chi connectivity index (χ4v) is 2.64. The maximum atomic E-state index is 12.5. The van der Waals surface area contributed by atoms with Crippen molar-refractivity contribution in [3.8, 4) is 5.75 Å². The van der Waals surface area contributed by atoms with Crippen molar-refractivity contribution in [1.82, 2.24) is 20.7 Å². The van der Waals surface area contributed by atoms with Crippen LogP contribution in [0, 0.1) is 0 Å². The Morgan fingerprint density at radius 3 is 3.09 bits per heavy atom. The lowest BCUT2D eigenvalue weighted by molar-refractivity contribution is -0.126. The second kappa shape index (κ2) is 6.47. The minimum atomic E-state index is -0.522. The average Bonchev–Trinajstić information content (AvgIpc) is 3.06. The first kappa shape index (κ1) is 15.0. The number of nitrogens with one attached hydrogen (secondary N) is 3. The maximum absolute atomic E-state index is 12.5. The third kappa shape index (κ3) is 3.15. The SMILES string of the molecule is COc1cccc2c1NC(=O)C[C@@H]2C(=O)NCCc1cn[nH]n1. The summed E-state index contributed by atoms with van der Waals surface area (Å²) in [6, 6.07) is 5.40. The van der Waals surface area contributed by atoms with Crippen molar-refractivity contribution >= 4 is 17.5 Å². The molecule has 1 aliphatic rings. The Balaban J connectivity index is 1.72. The molecule has 0 saturated heterocycles. The van der Waals surface area contributed by atoms with Gasteiger partial charge in [-0.15, -0.1) is 0 Å². The first-order valence-electron chi connectivity index (χ1n) is 7.28. The summed E-state index contributed by atoms with van der Waals surface area (Å²) in [7, 11) is 1.53. The summed E-state index contributed by atoms with van der Waals surface area (Å²) in [6.45, 7) is 0.433. The van der Waals surface area contributed by atoms with Crippen LogP contribution < -0.4 is 15.4 Å². The number of rotatable bonds is 5. The summed E-state index contributed by atoms with van der Waals surface area (Å²) in [5, 5.41) is 15.8. The molecule has 1 aromatic heterocycles. The van der Waals surface area contributed by atoms with Gasteiger partial charge in [0.15, 0.2) is 0 Å². The van der Waals surface area contributed by atoms with Gasteiger partial charge >= 0.3 is 0 Å². The molecular formula is C15H17N5O3. The van der Waals surface area contributed by atoms with Crippen molar-refractivity contribution in [2.24, 2.45) is 0 Å². The van der Waals surface area contributed by atoms with E-state index in [4.69, 9.17) is 4.74 Å². The van der Waals surface area contributed by atoms with Crippen LogP contribution in [0.15, 0.2) is 24.4 Å². The van der Waals surface area contributed by atoms with E-state index in [-0.39, 0.29) is 18.2 Å². The van der Waals surface area contributed by atoms with E-state index in [2.05, 4.69) is 26.0 Å². The molecule has 3 N–H and O–H groups in total. The molecule has 120 valence electrons. The lowest BCUT2D eigenvalue weighted by Gasteiger charge is -2.26. The molecule has 0 spiro atoms. The monoisotopic (exact) mass is 315 g/mol. The van der Waals surface area contributed by atoms with E-state index in [1.807, 2.05) is 12.1 Å². The quantitative estimate of drug-likeness (QED) is 0.748. The third-order valence-corrected chi connectivity index (χ3v) is 3.77. The van der Waals surface area contributed by atoms with Gasteiger partial charge < -0.3 is 15.4 Å².